The second kappa shape index (κ2) is 6.59. The summed E-state index contributed by atoms with van der Waals surface area (Å²) in [5.41, 5.74) is 0.471. The zero-order chi connectivity index (χ0) is 20.6. The quantitative estimate of drug-likeness (QED) is 0.543. The Morgan fingerprint density at radius 1 is 1.21 bits per heavy atom. The molecule has 6 rings (SSSR count). The lowest BCUT2D eigenvalue weighted by Gasteiger charge is -2.70. The van der Waals surface area contributed by atoms with Crippen LogP contribution in [0.5, 0.6) is 0 Å². The number of fused-ring (bicyclic) bond motifs is 3. The van der Waals surface area contributed by atoms with Gasteiger partial charge in [0.1, 0.15) is 24.4 Å². The normalized spacial score (nSPS) is 50.8. The van der Waals surface area contributed by atoms with E-state index < -0.39 is 42.9 Å². The first-order valence-electron chi connectivity index (χ1n) is 10.2. The lowest BCUT2D eigenvalue weighted by molar-refractivity contribution is -0.338. The topological polar surface area (TPSA) is 116 Å². The largest absolute Gasteiger partial charge is 0.394 e. The van der Waals surface area contributed by atoms with Crippen LogP contribution in [0.25, 0.3) is 0 Å². The van der Waals surface area contributed by atoms with Gasteiger partial charge in [-0.15, -0.1) is 0 Å². The molecule has 5 aliphatic carbocycles. The molecular weight excluding hydrogens is 364 g/mol. The average molecular weight is 396 g/mol. The van der Waals surface area contributed by atoms with Gasteiger partial charge >= 0.3 is 0 Å². The van der Waals surface area contributed by atoms with Crippen molar-refractivity contribution in [1.29, 1.82) is 0 Å². The Morgan fingerprint density at radius 3 is 2.50 bits per heavy atom. The molecule has 0 aromatic heterocycles. The first-order valence-corrected chi connectivity index (χ1v) is 10.2. The Bertz CT molecular complexity index is 686. The van der Waals surface area contributed by atoms with Crippen LogP contribution in [-0.2, 0) is 14.3 Å². The molecule has 0 aromatic rings. The highest BCUT2D eigenvalue weighted by Crippen LogP contribution is 2.71. The Hall–Kier alpha value is -0.830. The Kier molecular flexibility index (Phi) is 4.81. The Labute approximate surface area is 165 Å². The Balaban J connectivity index is 1.55. The smallest absolute Gasteiger partial charge is 0.187 e. The van der Waals surface area contributed by atoms with Crippen LogP contribution in [0.1, 0.15) is 40.5 Å². The summed E-state index contributed by atoms with van der Waals surface area (Å²) in [7, 11) is 0. The number of aliphatic hydroxyl groups excluding tert-OH is 4. The van der Waals surface area contributed by atoms with Crippen molar-refractivity contribution in [3.8, 4) is 0 Å². The summed E-state index contributed by atoms with van der Waals surface area (Å²) >= 11 is 0. The predicted octanol–water partition coefficient (Wildman–Crippen LogP) is 0.389. The van der Waals surface area contributed by atoms with E-state index in [-0.39, 0.29) is 29.0 Å². The van der Waals surface area contributed by atoms with E-state index in [0.717, 1.165) is 18.4 Å². The molecule has 7 heteroatoms. The summed E-state index contributed by atoms with van der Waals surface area (Å²) in [6.45, 7) is 7.63. The van der Waals surface area contributed by atoms with Crippen molar-refractivity contribution < 1.29 is 34.7 Å². The van der Waals surface area contributed by atoms with Gasteiger partial charge in [-0.25, -0.2) is 0 Å². The maximum absolute atomic E-state index is 12.7. The fourth-order valence-electron chi connectivity index (χ4n) is 6.69. The second-order valence-electron chi connectivity index (χ2n) is 9.89. The second-order valence-corrected chi connectivity index (χ2v) is 9.89. The molecule has 158 valence electrons. The molecule has 7 nitrogen and oxygen atoms in total. The third-order valence-electron chi connectivity index (χ3n) is 7.98. The number of ether oxygens (including phenoxy) is 2. The SMILES string of the molecule is CC1=CC(=O)[C@@H]2[C@H]3[C@@H](C(C)(C)O[C@H]4O[C@@H](CO)[C@H](O)[C@@H](O)[C@@H]4O)CC[C@]2(C)[C@@H]13. The number of rotatable bonds is 4. The highest BCUT2D eigenvalue weighted by Gasteiger charge is 2.70. The first-order chi connectivity index (χ1) is 13.0. The molecule has 1 heterocycles. The minimum Gasteiger partial charge on any atom is -0.394 e. The average Bonchev–Trinajstić information content (AvgIpc) is 2.61. The van der Waals surface area contributed by atoms with Crippen molar-refractivity contribution in [2.24, 2.45) is 29.1 Å². The van der Waals surface area contributed by atoms with E-state index in [2.05, 4.69) is 6.92 Å². The monoisotopic (exact) mass is 396 g/mol. The number of aliphatic hydroxyl groups is 4. The van der Waals surface area contributed by atoms with Crippen molar-refractivity contribution in [2.75, 3.05) is 6.61 Å². The summed E-state index contributed by atoms with van der Waals surface area (Å²) in [6, 6.07) is 0. The van der Waals surface area contributed by atoms with Gasteiger partial charge in [-0.3, -0.25) is 4.79 Å². The number of hydrogen-bond acceptors (Lipinski definition) is 7. The number of allylic oxidation sites excluding steroid dienone is 2. The number of ketones is 1. The van der Waals surface area contributed by atoms with Gasteiger partial charge in [-0.05, 0) is 62.9 Å². The van der Waals surface area contributed by atoms with E-state index in [1.54, 1.807) is 6.08 Å². The van der Waals surface area contributed by atoms with Crippen molar-refractivity contribution in [2.45, 2.75) is 76.8 Å². The van der Waals surface area contributed by atoms with Gasteiger partial charge < -0.3 is 29.9 Å². The minimum atomic E-state index is -1.46. The van der Waals surface area contributed by atoms with Crippen LogP contribution in [0.2, 0.25) is 0 Å². The third-order valence-corrected chi connectivity index (χ3v) is 7.98. The van der Waals surface area contributed by atoms with Crippen LogP contribution in [0.15, 0.2) is 11.6 Å². The van der Waals surface area contributed by atoms with Crippen molar-refractivity contribution in [1.82, 2.24) is 0 Å². The molecule has 0 spiro atoms. The van der Waals surface area contributed by atoms with Crippen molar-refractivity contribution >= 4 is 5.78 Å². The lowest BCUT2D eigenvalue weighted by atomic mass is 9.34. The van der Waals surface area contributed by atoms with Gasteiger partial charge in [0, 0.05) is 5.92 Å². The third kappa shape index (κ3) is 2.67. The fraction of sp³-hybridized carbons (Fsp3) is 0.857. The van der Waals surface area contributed by atoms with E-state index in [0.29, 0.717) is 5.92 Å². The molecule has 0 radical (unpaired) electrons. The van der Waals surface area contributed by atoms with Gasteiger partial charge in [0.25, 0.3) is 0 Å². The van der Waals surface area contributed by atoms with Crippen molar-refractivity contribution in [3.63, 3.8) is 0 Å². The summed E-state index contributed by atoms with van der Waals surface area (Å²) in [6.07, 6.45) is -2.79. The summed E-state index contributed by atoms with van der Waals surface area (Å²) in [5, 5.41) is 39.8. The van der Waals surface area contributed by atoms with Gasteiger partial charge in [0.15, 0.2) is 12.1 Å². The highest BCUT2D eigenvalue weighted by molar-refractivity contribution is 5.96. The maximum atomic E-state index is 12.7. The van der Waals surface area contributed by atoms with Gasteiger partial charge in [-0.2, -0.15) is 0 Å². The zero-order valence-electron chi connectivity index (χ0n) is 16.9. The number of hydrogen-bond donors (Lipinski definition) is 4. The molecule has 4 bridgehead atoms. The fourth-order valence-corrected chi connectivity index (χ4v) is 6.69. The summed E-state index contributed by atoms with van der Waals surface area (Å²) in [5.74, 6) is 0.894. The molecule has 1 aliphatic heterocycles. The van der Waals surface area contributed by atoms with Crippen LogP contribution in [0.3, 0.4) is 0 Å². The molecule has 0 amide bonds. The molecule has 4 N–H and O–H groups in total. The van der Waals surface area contributed by atoms with E-state index >= 15 is 0 Å². The van der Waals surface area contributed by atoms with Crippen LogP contribution < -0.4 is 0 Å². The molecule has 28 heavy (non-hydrogen) atoms. The molecule has 0 unspecified atom stereocenters. The molecular formula is C21H32O7. The molecule has 1 saturated heterocycles. The van der Waals surface area contributed by atoms with Crippen LogP contribution in [-0.4, -0.2) is 69.1 Å². The van der Waals surface area contributed by atoms with Gasteiger partial charge in [0.2, 0.25) is 0 Å². The first kappa shape index (κ1) is 20.4. The predicted molar refractivity (Wildman–Crippen MR) is 99.0 cm³/mol. The number of carbonyl (C=O) groups excluding carboxylic acids is 1. The highest BCUT2D eigenvalue weighted by atomic mass is 16.7. The summed E-state index contributed by atoms with van der Waals surface area (Å²) < 4.78 is 11.7. The van der Waals surface area contributed by atoms with E-state index in [1.807, 2.05) is 20.8 Å². The maximum Gasteiger partial charge on any atom is 0.187 e. The lowest BCUT2D eigenvalue weighted by Crippen LogP contribution is -2.69. The zero-order valence-corrected chi connectivity index (χ0v) is 16.9. The molecule has 3 saturated carbocycles. The van der Waals surface area contributed by atoms with Crippen LogP contribution in [0.4, 0.5) is 0 Å². The van der Waals surface area contributed by atoms with Gasteiger partial charge in [0.05, 0.1) is 12.2 Å². The van der Waals surface area contributed by atoms with E-state index in [9.17, 15) is 25.2 Å². The number of carbonyl (C=O) groups is 1. The van der Waals surface area contributed by atoms with E-state index in [1.165, 1.54) is 0 Å². The molecule has 4 fully saturated rings. The minimum absolute atomic E-state index is 0.0117. The summed E-state index contributed by atoms with van der Waals surface area (Å²) in [4.78, 5) is 12.7. The molecule has 6 aliphatic rings. The van der Waals surface area contributed by atoms with Crippen LogP contribution in [0, 0.1) is 29.1 Å². The van der Waals surface area contributed by atoms with Gasteiger partial charge in [-0.1, -0.05) is 12.5 Å². The Morgan fingerprint density at radius 2 is 1.89 bits per heavy atom. The van der Waals surface area contributed by atoms with Crippen LogP contribution >= 0.6 is 0 Å². The standard InChI is InChI=1S/C21H32O7/c1-9-7-11(23)15-13-10(5-6-21(15,4)14(9)13)20(2,3)28-19-18(26)17(25)16(24)12(8-22)27-19/h7,10,12-19,22,24-26H,5-6,8H2,1-4H3/t10-,12-,13-,14-,15+,16-,17+,18-,19+,21+/m0/s1. The molecule has 0 aromatic carbocycles. The van der Waals surface area contributed by atoms with Crippen molar-refractivity contribution in [3.05, 3.63) is 11.6 Å². The van der Waals surface area contributed by atoms with E-state index in [4.69, 9.17) is 9.47 Å². The molecule has 10 atom stereocenters.